The van der Waals surface area contributed by atoms with Crippen molar-refractivity contribution in [3.63, 3.8) is 0 Å². The first-order chi connectivity index (χ1) is 10.2. The summed E-state index contributed by atoms with van der Waals surface area (Å²) in [5.74, 6) is 0.286. The molecule has 0 saturated carbocycles. The molecule has 104 valence electrons. The SMILES string of the molecule is O=C(Nc1ncccc1O)c1ccc(-n2ccnc2)nc1. The van der Waals surface area contributed by atoms with Gasteiger partial charge in [-0.2, -0.15) is 0 Å². The van der Waals surface area contributed by atoms with Crippen molar-refractivity contribution in [2.75, 3.05) is 5.32 Å². The van der Waals surface area contributed by atoms with Crippen LogP contribution >= 0.6 is 0 Å². The van der Waals surface area contributed by atoms with Gasteiger partial charge in [0.2, 0.25) is 0 Å². The molecule has 0 aliphatic rings. The maximum Gasteiger partial charge on any atom is 0.258 e. The summed E-state index contributed by atoms with van der Waals surface area (Å²) in [6.45, 7) is 0. The number of imidazole rings is 1. The molecule has 0 saturated heterocycles. The number of anilines is 1. The van der Waals surface area contributed by atoms with Crippen LogP contribution in [0.4, 0.5) is 5.82 Å². The van der Waals surface area contributed by atoms with Gasteiger partial charge in [0.05, 0.1) is 5.56 Å². The van der Waals surface area contributed by atoms with Gasteiger partial charge in [-0.1, -0.05) is 0 Å². The third-order valence-electron chi connectivity index (χ3n) is 2.80. The summed E-state index contributed by atoms with van der Waals surface area (Å²) in [6, 6.07) is 6.36. The zero-order valence-electron chi connectivity index (χ0n) is 10.8. The number of rotatable bonds is 3. The van der Waals surface area contributed by atoms with E-state index in [0.29, 0.717) is 11.4 Å². The number of nitrogens with zero attached hydrogens (tertiary/aromatic N) is 4. The number of hydrogen-bond acceptors (Lipinski definition) is 5. The molecule has 3 rings (SSSR count). The highest BCUT2D eigenvalue weighted by molar-refractivity contribution is 6.04. The summed E-state index contributed by atoms with van der Waals surface area (Å²) in [5.41, 5.74) is 0.365. The van der Waals surface area contributed by atoms with Gasteiger partial charge in [-0.15, -0.1) is 0 Å². The highest BCUT2D eigenvalue weighted by Gasteiger charge is 2.10. The molecule has 7 heteroatoms. The monoisotopic (exact) mass is 281 g/mol. The van der Waals surface area contributed by atoms with Crippen LogP contribution in [0.1, 0.15) is 10.4 Å². The van der Waals surface area contributed by atoms with Gasteiger partial charge in [-0.3, -0.25) is 9.36 Å². The van der Waals surface area contributed by atoms with Crippen LogP contribution in [0.2, 0.25) is 0 Å². The summed E-state index contributed by atoms with van der Waals surface area (Å²) in [5, 5.41) is 12.1. The van der Waals surface area contributed by atoms with Gasteiger partial charge in [0.1, 0.15) is 12.1 Å². The number of amides is 1. The number of aromatic hydroxyl groups is 1. The van der Waals surface area contributed by atoms with Crippen LogP contribution in [0.15, 0.2) is 55.4 Å². The Morgan fingerprint density at radius 3 is 2.76 bits per heavy atom. The van der Waals surface area contributed by atoms with Crippen LogP contribution in [0.5, 0.6) is 5.75 Å². The lowest BCUT2D eigenvalue weighted by atomic mass is 10.2. The summed E-state index contributed by atoms with van der Waals surface area (Å²) in [4.78, 5) is 24.0. The van der Waals surface area contributed by atoms with E-state index in [2.05, 4.69) is 20.3 Å². The summed E-state index contributed by atoms with van der Waals surface area (Å²) >= 11 is 0. The zero-order chi connectivity index (χ0) is 14.7. The maximum absolute atomic E-state index is 12.0. The predicted octanol–water partition coefficient (Wildman–Crippen LogP) is 1.62. The molecule has 7 nitrogen and oxygen atoms in total. The standard InChI is InChI=1S/C14H11N5O2/c20-11-2-1-5-16-13(11)18-14(21)10-3-4-12(17-8-10)19-7-6-15-9-19/h1-9,20H,(H,16,18,21). The molecule has 21 heavy (non-hydrogen) atoms. The molecule has 0 aliphatic heterocycles. The lowest BCUT2D eigenvalue weighted by Crippen LogP contribution is -2.13. The molecule has 0 fully saturated rings. The Labute approximate surface area is 119 Å². The Bertz CT molecular complexity index is 753. The molecule has 3 aromatic heterocycles. The van der Waals surface area contributed by atoms with Crippen molar-refractivity contribution < 1.29 is 9.90 Å². The zero-order valence-corrected chi connectivity index (χ0v) is 10.8. The third-order valence-corrected chi connectivity index (χ3v) is 2.80. The number of carbonyl (C=O) groups is 1. The Morgan fingerprint density at radius 2 is 2.10 bits per heavy atom. The van der Waals surface area contributed by atoms with Crippen molar-refractivity contribution in [2.24, 2.45) is 0 Å². The van der Waals surface area contributed by atoms with Crippen LogP contribution in [-0.2, 0) is 0 Å². The molecule has 0 unspecified atom stereocenters. The van der Waals surface area contributed by atoms with E-state index < -0.39 is 5.91 Å². The number of hydrogen-bond donors (Lipinski definition) is 2. The highest BCUT2D eigenvalue weighted by Crippen LogP contribution is 2.19. The fourth-order valence-electron chi connectivity index (χ4n) is 1.74. The summed E-state index contributed by atoms with van der Waals surface area (Å²) < 4.78 is 1.73. The minimum Gasteiger partial charge on any atom is -0.504 e. The van der Waals surface area contributed by atoms with Gasteiger partial charge in [0, 0.05) is 24.8 Å². The second kappa shape index (κ2) is 5.41. The van der Waals surface area contributed by atoms with Gasteiger partial charge < -0.3 is 10.4 Å². The van der Waals surface area contributed by atoms with E-state index >= 15 is 0 Å². The molecule has 0 bridgehead atoms. The van der Waals surface area contributed by atoms with E-state index in [1.54, 1.807) is 41.5 Å². The largest absolute Gasteiger partial charge is 0.504 e. The van der Waals surface area contributed by atoms with E-state index in [9.17, 15) is 9.90 Å². The highest BCUT2D eigenvalue weighted by atomic mass is 16.3. The number of pyridine rings is 2. The molecular weight excluding hydrogens is 270 g/mol. The molecule has 2 N–H and O–H groups in total. The maximum atomic E-state index is 12.0. The van der Waals surface area contributed by atoms with Crippen LogP contribution in [0, 0.1) is 0 Å². The first kappa shape index (κ1) is 12.8. The minimum absolute atomic E-state index is 0.0890. The van der Waals surface area contributed by atoms with Crippen molar-refractivity contribution in [3.8, 4) is 11.6 Å². The second-order valence-electron chi connectivity index (χ2n) is 4.20. The quantitative estimate of drug-likeness (QED) is 0.761. The van der Waals surface area contributed by atoms with E-state index in [-0.39, 0.29) is 11.6 Å². The van der Waals surface area contributed by atoms with Crippen molar-refractivity contribution >= 4 is 11.7 Å². The molecule has 1 amide bonds. The van der Waals surface area contributed by atoms with Crippen LogP contribution in [0.3, 0.4) is 0 Å². The van der Waals surface area contributed by atoms with Crippen molar-refractivity contribution in [3.05, 3.63) is 60.9 Å². The third kappa shape index (κ3) is 2.71. The summed E-state index contributed by atoms with van der Waals surface area (Å²) in [7, 11) is 0. The van der Waals surface area contributed by atoms with Crippen molar-refractivity contribution in [2.45, 2.75) is 0 Å². The Morgan fingerprint density at radius 1 is 1.19 bits per heavy atom. The van der Waals surface area contributed by atoms with Gasteiger partial charge in [-0.05, 0) is 24.3 Å². The number of aromatic nitrogens is 4. The topological polar surface area (TPSA) is 92.9 Å². The molecule has 0 aromatic carbocycles. The van der Waals surface area contributed by atoms with Gasteiger partial charge in [-0.25, -0.2) is 15.0 Å². The average Bonchev–Trinajstić information content (AvgIpc) is 3.04. The van der Waals surface area contributed by atoms with E-state index in [1.807, 2.05) is 0 Å². The fourth-order valence-corrected chi connectivity index (χ4v) is 1.74. The van der Waals surface area contributed by atoms with E-state index in [4.69, 9.17) is 0 Å². The molecule has 0 aliphatic carbocycles. The molecular formula is C14H11N5O2. The molecule has 0 spiro atoms. The van der Waals surface area contributed by atoms with Crippen molar-refractivity contribution in [1.82, 2.24) is 19.5 Å². The lowest BCUT2D eigenvalue weighted by molar-refractivity contribution is 0.102. The molecule has 0 atom stereocenters. The Kier molecular flexibility index (Phi) is 3.30. The lowest BCUT2D eigenvalue weighted by Gasteiger charge is -2.06. The van der Waals surface area contributed by atoms with Crippen LogP contribution < -0.4 is 5.32 Å². The molecule has 3 aromatic rings. The molecule has 0 radical (unpaired) electrons. The Balaban J connectivity index is 1.78. The number of nitrogens with one attached hydrogen (secondary N) is 1. The van der Waals surface area contributed by atoms with Gasteiger partial charge in [0.15, 0.2) is 11.6 Å². The van der Waals surface area contributed by atoms with Crippen LogP contribution in [0.25, 0.3) is 5.82 Å². The Hall–Kier alpha value is -3.22. The first-order valence-corrected chi connectivity index (χ1v) is 6.14. The second-order valence-corrected chi connectivity index (χ2v) is 4.20. The average molecular weight is 281 g/mol. The summed E-state index contributed by atoms with van der Waals surface area (Å²) in [6.07, 6.45) is 7.95. The molecule has 3 heterocycles. The minimum atomic E-state index is -0.395. The fraction of sp³-hybridized carbons (Fsp3) is 0. The normalized spacial score (nSPS) is 10.3. The van der Waals surface area contributed by atoms with E-state index in [1.165, 1.54) is 18.5 Å². The van der Waals surface area contributed by atoms with Gasteiger partial charge in [0.25, 0.3) is 5.91 Å². The predicted molar refractivity (Wildman–Crippen MR) is 75.2 cm³/mol. The smallest absolute Gasteiger partial charge is 0.258 e. The van der Waals surface area contributed by atoms with Crippen LogP contribution in [-0.4, -0.2) is 30.5 Å². The van der Waals surface area contributed by atoms with Crippen molar-refractivity contribution in [1.29, 1.82) is 0 Å². The number of carbonyl (C=O) groups excluding carboxylic acids is 1. The van der Waals surface area contributed by atoms with E-state index in [0.717, 1.165) is 0 Å². The first-order valence-electron chi connectivity index (χ1n) is 6.14. The van der Waals surface area contributed by atoms with Gasteiger partial charge >= 0.3 is 0 Å².